The summed E-state index contributed by atoms with van der Waals surface area (Å²) in [4.78, 5) is 21.8. The van der Waals surface area contributed by atoms with Crippen molar-refractivity contribution in [3.8, 4) is 5.88 Å². The van der Waals surface area contributed by atoms with E-state index < -0.39 is 0 Å². The third-order valence-electron chi connectivity index (χ3n) is 3.03. The fourth-order valence-corrected chi connectivity index (χ4v) is 2.09. The first-order chi connectivity index (χ1) is 9.33. The van der Waals surface area contributed by atoms with Crippen LogP contribution in [0.15, 0.2) is 41.6 Å². The summed E-state index contributed by atoms with van der Waals surface area (Å²) < 4.78 is 10.6. The van der Waals surface area contributed by atoms with E-state index >= 15 is 0 Å². The highest BCUT2D eigenvalue weighted by atomic mass is 16.5. The van der Waals surface area contributed by atoms with E-state index in [2.05, 4.69) is 9.97 Å². The van der Waals surface area contributed by atoms with Crippen molar-refractivity contribution in [3.63, 3.8) is 0 Å². The largest absolute Gasteiger partial charge is 0.472 e. The average molecular weight is 259 g/mol. The second-order valence-corrected chi connectivity index (χ2v) is 4.34. The van der Waals surface area contributed by atoms with E-state index in [1.807, 2.05) is 0 Å². The Morgan fingerprint density at radius 3 is 3.16 bits per heavy atom. The van der Waals surface area contributed by atoms with E-state index in [-0.39, 0.29) is 12.0 Å². The lowest BCUT2D eigenvalue weighted by atomic mass is 10.3. The predicted molar refractivity (Wildman–Crippen MR) is 65.7 cm³/mol. The van der Waals surface area contributed by atoms with Crippen molar-refractivity contribution in [2.75, 3.05) is 13.1 Å². The standard InChI is InChI=1S/C13H13N3O3/c17-13(10-2-6-18-9-10)16-5-1-11(8-16)19-12-7-14-3-4-15-12/h2-4,6-7,9,11H,1,5,8H2. The molecular weight excluding hydrogens is 246 g/mol. The van der Waals surface area contributed by atoms with E-state index in [0.717, 1.165) is 6.42 Å². The molecule has 1 fully saturated rings. The number of ether oxygens (including phenoxy) is 1. The topological polar surface area (TPSA) is 68.5 Å². The van der Waals surface area contributed by atoms with E-state index in [4.69, 9.17) is 9.15 Å². The van der Waals surface area contributed by atoms with Crippen molar-refractivity contribution in [3.05, 3.63) is 42.7 Å². The molecule has 0 bridgehead atoms. The molecule has 1 amide bonds. The maximum Gasteiger partial charge on any atom is 0.257 e. The quantitative estimate of drug-likeness (QED) is 0.832. The van der Waals surface area contributed by atoms with Gasteiger partial charge in [0.05, 0.1) is 24.6 Å². The van der Waals surface area contributed by atoms with Crippen LogP contribution in [0.1, 0.15) is 16.8 Å². The highest BCUT2D eigenvalue weighted by molar-refractivity contribution is 5.94. The van der Waals surface area contributed by atoms with Crippen LogP contribution in [0.2, 0.25) is 0 Å². The maximum absolute atomic E-state index is 12.1. The minimum absolute atomic E-state index is 0.0287. The van der Waals surface area contributed by atoms with Gasteiger partial charge in [-0.2, -0.15) is 0 Å². The number of amides is 1. The molecule has 2 aromatic rings. The molecule has 0 saturated carbocycles. The molecule has 19 heavy (non-hydrogen) atoms. The molecule has 0 aliphatic carbocycles. The van der Waals surface area contributed by atoms with Crippen LogP contribution in [0.25, 0.3) is 0 Å². The van der Waals surface area contributed by atoms with Gasteiger partial charge in [-0.3, -0.25) is 9.78 Å². The van der Waals surface area contributed by atoms with Crippen molar-refractivity contribution in [2.24, 2.45) is 0 Å². The molecule has 0 radical (unpaired) electrons. The van der Waals surface area contributed by atoms with E-state index in [1.165, 1.54) is 12.5 Å². The van der Waals surface area contributed by atoms with Crippen LogP contribution in [0, 0.1) is 0 Å². The fraction of sp³-hybridized carbons (Fsp3) is 0.308. The number of carbonyl (C=O) groups excluding carboxylic acids is 1. The lowest BCUT2D eigenvalue weighted by Crippen LogP contribution is -2.30. The van der Waals surface area contributed by atoms with E-state index in [1.54, 1.807) is 29.6 Å². The Balaban J connectivity index is 1.60. The number of nitrogens with zero attached hydrogens (tertiary/aromatic N) is 3. The molecule has 0 aromatic carbocycles. The Labute approximate surface area is 110 Å². The van der Waals surface area contributed by atoms with Gasteiger partial charge in [-0.1, -0.05) is 0 Å². The summed E-state index contributed by atoms with van der Waals surface area (Å²) >= 11 is 0. The Morgan fingerprint density at radius 1 is 1.47 bits per heavy atom. The molecule has 6 heteroatoms. The number of hydrogen-bond acceptors (Lipinski definition) is 5. The molecule has 1 aliphatic rings. The van der Waals surface area contributed by atoms with Gasteiger partial charge in [0, 0.05) is 25.4 Å². The first-order valence-electron chi connectivity index (χ1n) is 6.07. The van der Waals surface area contributed by atoms with E-state index in [9.17, 15) is 4.79 Å². The second kappa shape index (κ2) is 5.09. The summed E-state index contributed by atoms with van der Waals surface area (Å²) in [5.74, 6) is 0.462. The Kier molecular flexibility index (Phi) is 3.14. The third kappa shape index (κ3) is 2.57. The molecule has 3 heterocycles. The number of likely N-dealkylation sites (tertiary alicyclic amines) is 1. The number of rotatable bonds is 3. The van der Waals surface area contributed by atoms with Crippen LogP contribution < -0.4 is 4.74 Å². The maximum atomic E-state index is 12.1. The Bertz CT molecular complexity index is 542. The van der Waals surface area contributed by atoms with E-state index in [0.29, 0.717) is 24.5 Å². The third-order valence-corrected chi connectivity index (χ3v) is 3.03. The molecule has 1 atom stereocenters. The fourth-order valence-electron chi connectivity index (χ4n) is 2.09. The number of aromatic nitrogens is 2. The first kappa shape index (κ1) is 11.7. The van der Waals surface area contributed by atoms with Crippen molar-refractivity contribution in [1.29, 1.82) is 0 Å². The smallest absolute Gasteiger partial charge is 0.257 e. The second-order valence-electron chi connectivity index (χ2n) is 4.34. The van der Waals surface area contributed by atoms with Crippen LogP contribution in [0.3, 0.4) is 0 Å². The van der Waals surface area contributed by atoms with Gasteiger partial charge in [-0.15, -0.1) is 0 Å². The molecular formula is C13H13N3O3. The molecule has 0 N–H and O–H groups in total. The SMILES string of the molecule is O=C(c1ccoc1)N1CCC(Oc2cnccn2)C1. The molecule has 98 valence electrons. The van der Waals surface area contributed by atoms with Gasteiger partial charge in [-0.25, -0.2) is 4.98 Å². The minimum atomic E-state index is -0.0347. The number of carbonyl (C=O) groups is 1. The van der Waals surface area contributed by atoms with Gasteiger partial charge in [0.2, 0.25) is 5.88 Å². The van der Waals surface area contributed by atoms with Crippen molar-refractivity contribution < 1.29 is 13.9 Å². The van der Waals surface area contributed by atoms with Gasteiger partial charge in [0.25, 0.3) is 5.91 Å². The normalized spacial score (nSPS) is 18.5. The number of furan rings is 1. The van der Waals surface area contributed by atoms with Crippen molar-refractivity contribution in [2.45, 2.75) is 12.5 Å². The summed E-state index contributed by atoms with van der Waals surface area (Å²) in [6.45, 7) is 1.23. The Hall–Kier alpha value is -2.37. The van der Waals surface area contributed by atoms with Gasteiger partial charge >= 0.3 is 0 Å². The van der Waals surface area contributed by atoms with Crippen LogP contribution in [0.4, 0.5) is 0 Å². The van der Waals surface area contributed by atoms with Gasteiger partial charge in [0.15, 0.2) is 0 Å². The Morgan fingerprint density at radius 2 is 2.42 bits per heavy atom. The molecule has 6 nitrogen and oxygen atoms in total. The summed E-state index contributed by atoms with van der Waals surface area (Å²) in [6, 6.07) is 1.67. The van der Waals surface area contributed by atoms with Crippen LogP contribution in [-0.4, -0.2) is 40.0 Å². The first-order valence-corrected chi connectivity index (χ1v) is 6.07. The average Bonchev–Trinajstić information content (AvgIpc) is 3.10. The van der Waals surface area contributed by atoms with Crippen molar-refractivity contribution in [1.82, 2.24) is 14.9 Å². The summed E-state index contributed by atoms with van der Waals surface area (Å²) in [5, 5.41) is 0. The predicted octanol–water partition coefficient (Wildman–Crippen LogP) is 1.36. The monoisotopic (exact) mass is 259 g/mol. The van der Waals surface area contributed by atoms with Crippen LogP contribution >= 0.6 is 0 Å². The van der Waals surface area contributed by atoms with Gasteiger partial charge < -0.3 is 14.1 Å². The molecule has 2 aromatic heterocycles. The van der Waals surface area contributed by atoms with Crippen LogP contribution in [0.5, 0.6) is 5.88 Å². The van der Waals surface area contributed by atoms with Gasteiger partial charge in [0.1, 0.15) is 12.4 Å². The minimum Gasteiger partial charge on any atom is -0.472 e. The molecule has 1 unspecified atom stereocenters. The molecule has 1 aliphatic heterocycles. The summed E-state index contributed by atoms with van der Waals surface area (Å²) in [6.07, 6.45) is 8.46. The van der Waals surface area contributed by atoms with Crippen LogP contribution in [-0.2, 0) is 0 Å². The lowest BCUT2D eigenvalue weighted by molar-refractivity contribution is 0.0770. The lowest BCUT2D eigenvalue weighted by Gasteiger charge is -2.15. The summed E-state index contributed by atoms with van der Waals surface area (Å²) in [5.41, 5.74) is 0.570. The number of hydrogen-bond donors (Lipinski definition) is 0. The zero-order valence-electron chi connectivity index (χ0n) is 10.2. The van der Waals surface area contributed by atoms with Crippen molar-refractivity contribution >= 4 is 5.91 Å². The molecule has 1 saturated heterocycles. The zero-order valence-corrected chi connectivity index (χ0v) is 10.2. The molecule has 3 rings (SSSR count). The molecule has 0 spiro atoms. The highest BCUT2D eigenvalue weighted by Crippen LogP contribution is 2.18. The highest BCUT2D eigenvalue weighted by Gasteiger charge is 2.28. The summed E-state index contributed by atoms with van der Waals surface area (Å²) in [7, 11) is 0. The van der Waals surface area contributed by atoms with Gasteiger partial charge in [-0.05, 0) is 6.07 Å². The zero-order chi connectivity index (χ0) is 13.1.